The predicted octanol–water partition coefficient (Wildman–Crippen LogP) is 18.0. The molecule has 0 rings (SSSR count). The Morgan fingerprint density at radius 3 is 0.972 bits per heavy atom. The van der Waals surface area contributed by atoms with E-state index in [-0.39, 0.29) is 25.9 Å². The highest BCUT2D eigenvalue weighted by Crippen LogP contribution is 2.43. The summed E-state index contributed by atoms with van der Waals surface area (Å²) in [4.78, 5) is 48.6. The molecule has 0 saturated heterocycles. The third-order valence-electron chi connectivity index (χ3n) is 13.7. The minimum atomic E-state index is -4.74. The number of hydrogen-bond donors (Lipinski definition) is 2. The molecule has 0 aromatic rings. The Labute approximate surface area is 443 Å². The number of unbranched alkanes of at least 4 members (excludes halogenated alkanes) is 39. The van der Waals surface area contributed by atoms with Gasteiger partial charge in [-0.05, 0) is 44.9 Å². The Morgan fingerprint density at radius 1 is 0.375 bits per heavy atom. The Balaban J connectivity index is 4.64. The minimum absolute atomic E-state index is 0.175. The van der Waals surface area contributed by atoms with Crippen LogP contribution in [0.4, 0.5) is 0 Å². The van der Waals surface area contributed by atoms with E-state index in [0.29, 0.717) is 19.3 Å². The number of allylic oxidation sites excluding steroid dienone is 2. The summed E-state index contributed by atoms with van der Waals surface area (Å²) >= 11 is 0. The average Bonchev–Trinajstić information content (AvgIpc) is 3.37. The molecule has 426 valence electrons. The van der Waals surface area contributed by atoms with Gasteiger partial charge in [-0.3, -0.25) is 23.4 Å². The number of hydrogen-bond acceptors (Lipinski definition) is 10. The van der Waals surface area contributed by atoms with Crippen molar-refractivity contribution in [2.45, 2.75) is 328 Å². The van der Waals surface area contributed by atoms with Gasteiger partial charge in [0.05, 0.1) is 19.8 Å². The lowest BCUT2D eigenvalue weighted by molar-refractivity contribution is -0.161. The highest BCUT2D eigenvalue weighted by atomic mass is 31.2. The van der Waals surface area contributed by atoms with Crippen molar-refractivity contribution >= 4 is 25.7 Å². The highest BCUT2D eigenvalue weighted by Gasteiger charge is 2.28. The molecule has 11 nitrogen and oxygen atoms in total. The van der Waals surface area contributed by atoms with Crippen LogP contribution in [-0.2, 0) is 42.2 Å². The molecule has 0 radical (unpaired) electrons. The van der Waals surface area contributed by atoms with Gasteiger partial charge in [-0.25, -0.2) is 4.57 Å². The zero-order valence-corrected chi connectivity index (χ0v) is 48.1. The van der Waals surface area contributed by atoms with Crippen LogP contribution >= 0.6 is 7.82 Å². The number of rotatable bonds is 58. The fourth-order valence-electron chi connectivity index (χ4n) is 9.00. The number of aliphatic hydroxyl groups is 1. The van der Waals surface area contributed by atoms with Gasteiger partial charge in [0, 0.05) is 19.3 Å². The molecule has 0 aliphatic carbocycles. The van der Waals surface area contributed by atoms with E-state index in [9.17, 15) is 28.9 Å². The summed E-state index contributed by atoms with van der Waals surface area (Å²) < 4.78 is 39.6. The van der Waals surface area contributed by atoms with E-state index >= 15 is 0 Å². The van der Waals surface area contributed by atoms with Crippen molar-refractivity contribution in [2.24, 2.45) is 0 Å². The monoisotopic (exact) mass is 1040 g/mol. The molecular formula is C60H115O11P. The van der Waals surface area contributed by atoms with Crippen LogP contribution < -0.4 is 0 Å². The smallest absolute Gasteiger partial charge is 0.462 e. The number of carbonyl (C=O) groups excluding carboxylic acids is 3. The predicted molar refractivity (Wildman–Crippen MR) is 298 cm³/mol. The van der Waals surface area contributed by atoms with E-state index in [4.69, 9.17) is 23.3 Å². The molecule has 0 aliphatic heterocycles. The van der Waals surface area contributed by atoms with Crippen molar-refractivity contribution in [1.29, 1.82) is 0 Å². The van der Waals surface area contributed by atoms with Gasteiger partial charge in [0.2, 0.25) is 0 Å². The number of esters is 3. The normalized spacial score (nSPS) is 13.3. The molecule has 0 aliphatic rings. The number of carbonyl (C=O) groups is 3. The van der Waals surface area contributed by atoms with E-state index in [1.807, 2.05) is 0 Å². The summed E-state index contributed by atoms with van der Waals surface area (Å²) in [5.41, 5.74) is 0. The number of ether oxygens (including phenoxy) is 3. The maximum Gasteiger partial charge on any atom is 0.472 e. The Kier molecular flexibility index (Phi) is 54.1. The van der Waals surface area contributed by atoms with Gasteiger partial charge in [0.15, 0.2) is 6.10 Å². The van der Waals surface area contributed by atoms with Crippen LogP contribution in [0, 0.1) is 0 Å². The summed E-state index contributed by atoms with van der Waals surface area (Å²) in [5, 5.41) is 9.81. The van der Waals surface area contributed by atoms with Crippen LogP contribution in [0.1, 0.15) is 316 Å². The second-order valence-electron chi connectivity index (χ2n) is 20.9. The average molecular weight is 1040 g/mol. The zero-order chi connectivity index (χ0) is 52.7. The molecule has 3 atom stereocenters. The SMILES string of the molecule is CCCCCC/C=C\CCCCCCCC(=O)OCC(COP(=O)(O)OCC(CO)OC(=O)CCCCCCCCCCCCCCC)OC(=O)CCCCCCCCCCCCCCCCCCCCC. The van der Waals surface area contributed by atoms with Gasteiger partial charge in [-0.2, -0.15) is 0 Å². The Hall–Kier alpha value is -1.78. The van der Waals surface area contributed by atoms with Crippen LogP contribution in [0.5, 0.6) is 0 Å². The fraction of sp³-hybridized carbons (Fsp3) is 0.917. The molecule has 0 amide bonds. The van der Waals surface area contributed by atoms with E-state index in [2.05, 4.69) is 32.9 Å². The van der Waals surface area contributed by atoms with E-state index in [1.54, 1.807) is 0 Å². The number of phosphoric acid groups is 1. The standard InChI is InChI=1S/C60H115O11P/c1-4-7-10-13-16-19-22-25-26-27-28-29-30-33-36-39-42-45-48-51-60(64)71-57(53-67-58(62)49-46-43-40-37-34-31-23-20-17-14-11-8-5-2)55-69-72(65,66)68-54-56(52-61)70-59(63)50-47-44-41-38-35-32-24-21-18-15-12-9-6-3/h20,23,56-57,61H,4-19,21-22,24-55H2,1-3H3,(H,65,66)/b23-20-. The lowest BCUT2D eigenvalue weighted by Crippen LogP contribution is -2.30. The number of aliphatic hydroxyl groups excluding tert-OH is 1. The minimum Gasteiger partial charge on any atom is -0.462 e. The van der Waals surface area contributed by atoms with Crippen molar-refractivity contribution in [2.75, 3.05) is 26.4 Å². The number of phosphoric ester groups is 1. The molecular weight excluding hydrogens is 928 g/mol. The van der Waals surface area contributed by atoms with Crippen LogP contribution in [0.15, 0.2) is 12.2 Å². The lowest BCUT2D eigenvalue weighted by atomic mass is 10.0. The molecule has 0 saturated carbocycles. The van der Waals surface area contributed by atoms with Crippen molar-refractivity contribution in [3.05, 3.63) is 12.2 Å². The second kappa shape index (κ2) is 55.5. The first-order valence-corrected chi connectivity index (χ1v) is 32.1. The van der Waals surface area contributed by atoms with Crippen molar-refractivity contribution < 1.29 is 52.2 Å². The quantitative estimate of drug-likeness (QED) is 0.0197. The molecule has 72 heavy (non-hydrogen) atoms. The van der Waals surface area contributed by atoms with Gasteiger partial charge >= 0.3 is 25.7 Å². The molecule has 0 spiro atoms. The first-order chi connectivity index (χ1) is 35.2. The maximum atomic E-state index is 12.9. The molecule has 0 heterocycles. The summed E-state index contributed by atoms with van der Waals surface area (Å²) in [6.07, 6.45) is 54.5. The van der Waals surface area contributed by atoms with Crippen LogP contribution in [0.2, 0.25) is 0 Å². The van der Waals surface area contributed by atoms with Crippen LogP contribution in [0.3, 0.4) is 0 Å². The molecule has 0 bridgehead atoms. The fourth-order valence-corrected chi connectivity index (χ4v) is 9.78. The van der Waals surface area contributed by atoms with E-state index in [1.165, 1.54) is 180 Å². The first kappa shape index (κ1) is 70.2. The molecule has 0 fully saturated rings. The van der Waals surface area contributed by atoms with Crippen molar-refractivity contribution in [3.8, 4) is 0 Å². The zero-order valence-electron chi connectivity index (χ0n) is 47.2. The summed E-state index contributed by atoms with van der Waals surface area (Å²) in [7, 11) is -4.74. The Morgan fingerprint density at radius 2 is 0.639 bits per heavy atom. The van der Waals surface area contributed by atoms with Crippen molar-refractivity contribution in [1.82, 2.24) is 0 Å². The highest BCUT2D eigenvalue weighted by molar-refractivity contribution is 7.47. The van der Waals surface area contributed by atoms with E-state index < -0.39 is 57.8 Å². The Bertz CT molecular complexity index is 1260. The molecule has 0 aromatic carbocycles. The molecule has 2 N–H and O–H groups in total. The van der Waals surface area contributed by atoms with Gasteiger partial charge in [-0.15, -0.1) is 0 Å². The third-order valence-corrected chi connectivity index (χ3v) is 14.6. The van der Waals surface area contributed by atoms with Crippen LogP contribution in [0.25, 0.3) is 0 Å². The van der Waals surface area contributed by atoms with Crippen LogP contribution in [-0.4, -0.2) is 66.5 Å². The maximum absolute atomic E-state index is 12.9. The van der Waals surface area contributed by atoms with Gasteiger partial charge in [0.1, 0.15) is 12.7 Å². The van der Waals surface area contributed by atoms with E-state index in [0.717, 1.165) is 77.0 Å². The largest absolute Gasteiger partial charge is 0.472 e. The summed E-state index contributed by atoms with van der Waals surface area (Å²) in [6.45, 7) is 4.69. The summed E-state index contributed by atoms with van der Waals surface area (Å²) in [6, 6.07) is 0. The third kappa shape index (κ3) is 53.1. The van der Waals surface area contributed by atoms with Crippen molar-refractivity contribution in [3.63, 3.8) is 0 Å². The van der Waals surface area contributed by atoms with Gasteiger partial charge in [0.25, 0.3) is 0 Å². The van der Waals surface area contributed by atoms with Gasteiger partial charge < -0.3 is 24.2 Å². The first-order valence-electron chi connectivity index (χ1n) is 30.6. The summed E-state index contributed by atoms with van der Waals surface area (Å²) in [5.74, 6) is -1.44. The molecule has 12 heteroatoms. The van der Waals surface area contributed by atoms with Gasteiger partial charge in [-0.1, -0.05) is 264 Å². The topological polar surface area (TPSA) is 155 Å². The second-order valence-corrected chi connectivity index (χ2v) is 22.3. The molecule has 0 aromatic heterocycles. The lowest BCUT2D eigenvalue weighted by Gasteiger charge is -2.21. The molecule has 3 unspecified atom stereocenters.